The first-order chi connectivity index (χ1) is 10.2. The molecule has 1 amide bonds. The van der Waals surface area contributed by atoms with E-state index in [0.717, 1.165) is 10.2 Å². The molecular weight excluding hydrogens is 332 g/mol. The van der Waals surface area contributed by atoms with Crippen molar-refractivity contribution < 1.29 is 9.53 Å². The highest BCUT2D eigenvalue weighted by molar-refractivity contribution is 9.10. The molecule has 0 atom stereocenters. The number of benzene rings is 2. The molecule has 0 radical (unpaired) electrons. The minimum atomic E-state index is -0.151. The van der Waals surface area contributed by atoms with E-state index in [2.05, 4.69) is 32.6 Å². The highest BCUT2D eigenvalue weighted by Gasteiger charge is 2.02. The Morgan fingerprint density at radius 3 is 2.76 bits per heavy atom. The summed E-state index contributed by atoms with van der Waals surface area (Å²) in [6.45, 7) is 0.727. The van der Waals surface area contributed by atoms with Gasteiger partial charge in [-0.2, -0.15) is 0 Å². The Kier molecular flexibility index (Phi) is 5.63. The fraction of sp³-hybridized carbons (Fsp3) is 0.188. The summed E-state index contributed by atoms with van der Waals surface area (Å²) in [5.41, 5.74) is 2.12. The van der Waals surface area contributed by atoms with Gasteiger partial charge in [-0.05, 0) is 23.8 Å². The number of rotatable bonds is 6. The van der Waals surface area contributed by atoms with Gasteiger partial charge in [0.2, 0.25) is 0 Å². The number of nitrogens with one attached hydrogen (secondary N) is 2. The van der Waals surface area contributed by atoms with Crippen molar-refractivity contribution in [1.29, 1.82) is 0 Å². The molecule has 0 unspecified atom stereocenters. The third-order valence-electron chi connectivity index (χ3n) is 2.92. The molecule has 0 aliphatic carbocycles. The van der Waals surface area contributed by atoms with E-state index in [1.54, 1.807) is 7.05 Å². The van der Waals surface area contributed by atoms with Gasteiger partial charge in [0.1, 0.15) is 5.75 Å². The quantitative estimate of drug-likeness (QED) is 0.842. The summed E-state index contributed by atoms with van der Waals surface area (Å²) in [7, 11) is 1.58. The van der Waals surface area contributed by atoms with Gasteiger partial charge in [-0.15, -0.1) is 0 Å². The van der Waals surface area contributed by atoms with Crippen LogP contribution in [0.15, 0.2) is 53.0 Å². The predicted octanol–water partition coefficient (Wildman–Crippen LogP) is 3.19. The van der Waals surface area contributed by atoms with Crippen LogP contribution in [0.2, 0.25) is 0 Å². The van der Waals surface area contributed by atoms with Crippen molar-refractivity contribution in [3.63, 3.8) is 0 Å². The molecule has 0 heterocycles. The summed E-state index contributed by atoms with van der Waals surface area (Å²) in [5.74, 6) is 0.511. The van der Waals surface area contributed by atoms with Crippen molar-refractivity contribution >= 4 is 27.5 Å². The van der Waals surface area contributed by atoms with E-state index in [4.69, 9.17) is 4.74 Å². The Morgan fingerprint density at radius 1 is 1.19 bits per heavy atom. The first-order valence-electron chi connectivity index (χ1n) is 6.60. The molecule has 2 aromatic carbocycles. The zero-order chi connectivity index (χ0) is 15.1. The van der Waals surface area contributed by atoms with Gasteiger partial charge in [-0.3, -0.25) is 4.79 Å². The summed E-state index contributed by atoms with van der Waals surface area (Å²) in [6.07, 6.45) is 0. The van der Waals surface area contributed by atoms with E-state index in [1.165, 1.54) is 5.56 Å². The molecule has 110 valence electrons. The van der Waals surface area contributed by atoms with Gasteiger partial charge >= 0.3 is 0 Å². The molecule has 0 saturated carbocycles. The zero-order valence-electron chi connectivity index (χ0n) is 11.7. The molecule has 0 saturated heterocycles. The number of carbonyl (C=O) groups is 1. The summed E-state index contributed by atoms with van der Waals surface area (Å²) < 4.78 is 6.49. The van der Waals surface area contributed by atoms with E-state index in [1.807, 2.05) is 42.5 Å². The lowest BCUT2D eigenvalue weighted by Crippen LogP contribution is -2.24. The minimum Gasteiger partial charge on any atom is -0.484 e. The molecule has 5 heteroatoms. The number of ether oxygens (including phenoxy) is 1. The van der Waals surface area contributed by atoms with E-state index < -0.39 is 0 Å². The van der Waals surface area contributed by atoms with Crippen molar-refractivity contribution in [3.05, 3.63) is 58.6 Å². The second kappa shape index (κ2) is 7.69. The van der Waals surface area contributed by atoms with Crippen LogP contribution in [0, 0.1) is 0 Å². The van der Waals surface area contributed by atoms with E-state index >= 15 is 0 Å². The third-order valence-corrected chi connectivity index (χ3v) is 3.70. The Balaban J connectivity index is 1.95. The fourth-order valence-corrected chi connectivity index (χ4v) is 2.18. The molecule has 0 aromatic heterocycles. The molecule has 0 aliphatic heterocycles. The van der Waals surface area contributed by atoms with Crippen LogP contribution in [0.25, 0.3) is 0 Å². The molecule has 0 fully saturated rings. The van der Waals surface area contributed by atoms with Crippen molar-refractivity contribution in [2.75, 3.05) is 19.0 Å². The lowest BCUT2D eigenvalue weighted by atomic mass is 10.2. The molecule has 2 rings (SSSR count). The summed E-state index contributed by atoms with van der Waals surface area (Å²) in [4.78, 5) is 11.2. The second-order valence-electron chi connectivity index (χ2n) is 4.43. The first kappa shape index (κ1) is 15.4. The molecule has 0 aliphatic rings. The van der Waals surface area contributed by atoms with Gasteiger partial charge in [0.15, 0.2) is 6.61 Å². The first-order valence-corrected chi connectivity index (χ1v) is 7.39. The Hall–Kier alpha value is -2.01. The van der Waals surface area contributed by atoms with E-state index in [0.29, 0.717) is 12.3 Å². The smallest absolute Gasteiger partial charge is 0.257 e. The maximum atomic E-state index is 11.2. The molecule has 0 bridgehead atoms. The van der Waals surface area contributed by atoms with Gasteiger partial charge in [0.05, 0.1) is 0 Å². The maximum Gasteiger partial charge on any atom is 0.257 e. The normalized spacial score (nSPS) is 10.0. The van der Waals surface area contributed by atoms with Crippen LogP contribution in [0.4, 0.5) is 5.69 Å². The Labute approximate surface area is 132 Å². The van der Waals surface area contributed by atoms with Crippen molar-refractivity contribution in [1.82, 2.24) is 5.32 Å². The van der Waals surface area contributed by atoms with Crippen LogP contribution in [-0.2, 0) is 11.3 Å². The predicted molar refractivity (Wildman–Crippen MR) is 87.5 cm³/mol. The van der Waals surface area contributed by atoms with Crippen molar-refractivity contribution in [2.24, 2.45) is 0 Å². The number of amides is 1. The average Bonchev–Trinajstić information content (AvgIpc) is 2.52. The molecule has 2 N–H and O–H groups in total. The minimum absolute atomic E-state index is 0.0180. The lowest BCUT2D eigenvalue weighted by molar-refractivity contribution is -0.122. The standard InChI is InChI=1S/C16H17BrN2O2/c1-18-16(20)11-21-14-7-4-6-13(9-14)19-10-12-5-2-3-8-15(12)17/h2-9,19H,10-11H2,1H3,(H,18,20). The Morgan fingerprint density at radius 2 is 2.00 bits per heavy atom. The molecule has 2 aromatic rings. The molecular formula is C16H17BrN2O2. The van der Waals surface area contributed by atoms with Gasteiger partial charge in [0.25, 0.3) is 5.91 Å². The van der Waals surface area contributed by atoms with E-state index in [9.17, 15) is 4.79 Å². The fourth-order valence-electron chi connectivity index (χ4n) is 1.76. The maximum absolute atomic E-state index is 11.2. The largest absolute Gasteiger partial charge is 0.484 e. The lowest BCUT2D eigenvalue weighted by Gasteiger charge is -2.10. The van der Waals surface area contributed by atoms with Gasteiger partial charge in [-0.1, -0.05) is 40.2 Å². The number of hydrogen-bond acceptors (Lipinski definition) is 3. The zero-order valence-corrected chi connectivity index (χ0v) is 13.3. The van der Waals surface area contributed by atoms with Crippen LogP contribution in [-0.4, -0.2) is 19.6 Å². The van der Waals surface area contributed by atoms with Crippen molar-refractivity contribution in [3.8, 4) is 5.75 Å². The number of anilines is 1. The highest BCUT2D eigenvalue weighted by atomic mass is 79.9. The van der Waals surface area contributed by atoms with Crippen LogP contribution in [0.5, 0.6) is 5.75 Å². The second-order valence-corrected chi connectivity index (χ2v) is 5.29. The van der Waals surface area contributed by atoms with Gasteiger partial charge in [-0.25, -0.2) is 0 Å². The molecule has 0 spiro atoms. The monoisotopic (exact) mass is 348 g/mol. The van der Waals surface area contributed by atoms with E-state index in [-0.39, 0.29) is 12.5 Å². The Bertz CT molecular complexity index is 617. The van der Waals surface area contributed by atoms with Gasteiger partial charge in [0, 0.05) is 29.8 Å². The van der Waals surface area contributed by atoms with Crippen molar-refractivity contribution in [2.45, 2.75) is 6.54 Å². The number of hydrogen-bond donors (Lipinski definition) is 2. The number of carbonyl (C=O) groups excluding carboxylic acids is 1. The SMILES string of the molecule is CNC(=O)COc1cccc(NCc2ccccc2Br)c1. The van der Waals surface area contributed by atoms with Crippen LogP contribution in [0.1, 0.15) is 5.56 Å². The highest BCUT2D eigenvalue weighted by Crippen LogP contribution is 2.20. The summed E-state index contributed by atoms with van der Waals surface area (Å²) in [6, 6.07) is 15.6. The van der Waals surface area contributed by atoms with Crippen LogP contribution < -0.4 is 15.4 Å². The molecule has 4 nitrogen and oxygen atoms in total. The average molecular weight is 349 g/mol. The molecule has 21 heavy (non-hydrogen) atoms. The number of likely N-dealkylation sites (N-methyl/N-ethyl adjacent to an activating group) is 1. The summed E-state index contributed by atoms with van der Waals surface area (Å²) in [5, 5.41) is 5.85. The number of halogens is 1. The topological polar surface area (TPSA) is 50.4 Å². The third kappa shape index (κ3) is 4.79. The summed E-state index contributed by atoms with van der Waals surface area (Å²) >= 11 is 3.52. The van der Waals surface area contributed by atoms with Gasteiger partial charge < -0.3 is 15.4 Å². The van der Waals surface area contributed by atoms with Crippen LogP contribution in [0.3, 0.4) is 0 Å². The van der Waals surface area contributed by atoms with Crippen LogP contribution >= 0.6 is 15.9 Å².